The number of carbonyl (C=O) groups excluding carboxylic acids is 2. The quantitative estimate of drug-likeness (QED) is 0.628. The summed E-state index contributed by atoms with van der Waals surface area (Å²) in [6, 6.07) is 9.87. The van der Waals surface area contributed by atoms with E-state index in [1.807, 2.05) is 35.2 Å². The van der Waals surface area contributed by atoms with Crippen LogP contribution in [-0.2, 0) is 9.59 Å². The molecule has 29 heavy (non-hydrogen) atoms. The highest BCUT2D eigenvalue weighted by atomic mass is 16.5. The topological polar surface area (TPSA) is 58.6 Å². The molecular formula is C24H36N2O3. The molecule has 1 aliphatic carbocycles. The Kier molecular flexibility index (Phi) is 8.84. The zero-order valence-corrected chi connectivity index (χ0v) is 17.6. The lowest BCUT2D eigenvalue weighted by Crippen LogP contribution is -2.46. The average molecular weight is 401 g/mol. The zero-order valence-electron chi connectivity index (χ0n) is 17.6. The number of hydrogen-bond acceptors (Lipinski definition) is 3. The fourth-order valence-electron chi connectivity index (χ4n) is 4.47. The van der Waals surface area contributed by atoms with Crippen LogP contribution in [0.1, 0.15) is 70.6 Å². The molecule has 0 radical (unpaired) electrons. The molecule has 3 rings (SSSR count). The van der Waals surface area contributed by atoms with Gasteiger partial charge < -0.3 is 15.0 Å². The molecule has 1 saturated carbocycles. The van der Waals surface area contributed by atoms with Gasteiger partial charge in [-0.25, -0.2) is 0 Å². The van der Waals surface area contributed by atoms with Crippen LogP contribution >= 0.6 is 0 Å². The van der Waals surface area contributed by atoms with Gasteiger partial charge in [-0.05, 0) is 43.7 Å². The third-order valence-corrected chi connectivity index (χ3v) is 6.26. The zero-order chi connectivity index (χ0) is 20.3. The number of carbonyl (C=O) groups is 2. The van der Waals surface area contributed by atoms with E-state index in [9.17, 15) is 9.59 Å². The van der Waals surface area contributed by atoms with Gasteiger partial charge in [0.15, 0.2) is 0 Å². The predicted octanol–water partition coefficient (Wildman–Crippen LogP) is 4.31. The van der Waals surface area contributed by atoms with E-state index in [-0.39, 0.29) is 11.9 Å². The molecule has 0 aromatic heterocycles. The fourth-order valence-corrected chi connectivity index (χ4v) is 4.47. The van der Waals surface area contributed by atoms with Crippen LogP contribution in [0.3, 0.4) is 0 Å². The van der Waals surface area contributed by atoms with E-state index in [4.69, 9.17) is 4.74 Å². The van der Waals surface area contributed by atoms with Crippen molar-refractivity contribution in [2.45, 2.75) is 76.7 Å². The van der Waals surface area contributed by atoms with Gasteiger partial charge in [0.1, 0.15) is 5.75 Å². The minimum absolute atomic E-state index is 0.0868. The maximum atomic E-state index is 12.5. The second-order valence-corrected chi connectivity index (χ2v) is 8.53. The molecule has 2 fully saturated rings. The normalized spacial score (nSPS) is 18.4. The number of nitrogens with one attached hydrogen (secondary N) is 1. The summed E-state index contributed by atoms with van der Waals surface area (Å²) in [5.41, 5.74) is 0. The maximum Gasteiger partial charge on any atom is 0.222 e. The lowest BCUT2D eigenvalue weighted by Gasteiger charge is -2.33. The van der Waals surface area contributed by atoms with E-state index in [1.165, 1.54) is 32.1 Å². The average Bonchev–Trinajstić information content (AvgIpc) is 2.77. The number of likely N-dealkylation sites (tertiary alicyclic amines) is 1. The van der Waals surface area contributed by atoms with Crippen molar-refractivity contribution >= 4 is 11.8 Å². The highest BCUT2D eigenvalue weighted by Crippen LogP contribution is 2.27. The predicted molar refractivity (Wildman–Crippen MR) is 115 cm³/mol. The number of ether oxygens (including phenoxy) is 1. The summed E-state index contributed by atoms with van der Waals surface area (Å²) in [5.74, 6) is 1.99. The van der Waals surface area contributed by atoms with Crippen LogP contribution in [0.5, 0.6) is 5.75 Å². The Morgan fingerprint density at radius 2 is 1.69 bits per heavy atom. The second kappa shape index (κ2) is 11.8. The monoisotopic (exact) mass is 400 g/mol. The van der Waals surface area contributed by atoms with E-state index in [0.717, 1.165) is 44.0 Å². The first-order chi connectivity index (χ1) is 14.2. The molecule has 0 atom stereocenters. The van der Waals surface area contributed by atoms with Crippen LogP contribution in [-0.4, -0.2) is 42.5 Å². The minimum atomic E-state index is 0.0868. The fraction of sp³-hybridized carbons (Fsp3) is 0.667. The van der Waals surface area contributed by atoms with Crippen LogP contribution in [0.15, 0.2) is 30.3 Å². The first-order valence-corrected chi connectivity index (χ1v) is 11.5. The van der Waals surface area contributed by atoms with Crippen molar-refractivity contribution in [3.8, 4) is 5.75 Å². The lowest BCUT2D eigenvalue weighted by molar-refractivity contribution is -0.132. The Balaban J connectivity index is 1.25. The van der Waals surface area contributed by atoms with Gasteiger partial charge in [-0.15, -0.1) is 0 Å². The highest BCUT2D eigenvalue weighted by Gasteiger charge is 2.24. The summed E-state index contributed by atoms with van der Waals surface area (Å²) in [6.45, 7) is 2.09. The molecule has 0 bridgehead atoms. The number of rotatable bonds is 9. The molecule has 2 aliphatic rings. The van der Waals surface area contributed by atoms with Crippen LogP contribution in [0.4, 0.5) is 0 Å². The van der Waals surface area contributed by atoms with Gasteiger partial charge in [0.2, 0.25) is 11.8 Å². The Bertz CT molecular complexity index is 620. The molecule has 2 amide bonds. The van der Waals surface area contributed by atoms with Crippen molar-refractivity contribution in [2.24, 2.45) is 5.92 Å². The number of benzene rings is 1. The third-order valence-electron chi connectivity index (χ3n) is 6.26. The van der Waals surface area contributed by atoms with Crippen molar-refractivity contribution < 1.29 is 14.3 Å². The summed E-state index contributed by atoms with van der Waals surface area (Å²) in [7, 11) is 0. The molecule has 1 heterocycles. The van der Waals surface area contributed by atoms with Crippen molar-refractivity contribution in [2.75, 3.05) is 19.7 Å². The van der Waals surface area contributed by atoms with Crippen molar-refractivity contribution in [1.82, 2.24) is 10.2 Å². The van der Waals surface area contributed by atoms with Gasteiger partial charge in [-0.1, -0.05) is 50.3 Å². The van der Waals surface area contributed by atoms with E-state index >= 15 is 0 Å². The number of hydrogen-bond donors (Lipinski definition) is 1. The Labute approximate surface area is 175 Å². The largest absolute Gasteiger partial charge is 0.494 e. The van der Waals surface area contributed by atoms with E-state index in [1.54, 1.807) is 0 Å². The number of nitrogens with zero attached hydrogens (tertiary/aromatic N) is 1. The number of para-hydroxylation sites is 1. The van der Waals surface area contributed by atoms with Gasteiger partial charge >= 0.3 is 0 Å². The van der Waals surface area contributed by atoms with Gasteiger partial charge in [0, 0.05) is 32.0 Å². The molecule has 5 heteroatoms. The molecule has 1 aromatic carbocycles. The lowest BCUT2D eigenvalue weighted by atomic mass is 9.86. The van der Waals surface area contributed by atoms with E-state index in [0.29, 0.717) is 31.8 Å². The molecule has 1 aliphatic heterocycles. The molecule has 1 N–H and O–H groups in total. The Hall–Kier alpha value is -2.04. The third kappa shape index (κ3) is 7.71. The smallest absolute Gasteiger partial charge is 0.222 e. The Morgan fingerprint density at radius 1 is 0.966 bits per heavy atom. The van der Waals surface area contributed by atoms with Gasteiger partial charge in [-0.3, -0.25) is 9.59 Å². The van der Waals surface area contributed by atoms with E-state index in [2.05, 4.69) is 5.32 Å². The molecule has 5 nitrogen and oxygen atoms in total. The van der Waals surface area contributed by atoms with Crippen LogP contribution in [0, 0.1) is 5.92 Å². The minimum Gasteiger partial charge on any atom is -0.494 e. The van der Waals surface area contributed by atoms with Crippen LogP contribution < -0.4 is 10.1 Å². The van der Waals surface area contributed by atoms with Crippen LogP contribution in [0.2, 0.25) is 0 Å². The van der Waals surface area contributed by atoms with Crippen molar-refractivity contribution in [3.05, 3.63) is 30.3 Å². The molecule has 0 spiro atoms. The van der Waals surface area contributed by atoms with Gasteiger partial charge in [0.05, 0.1) is 6.61 Å². The number of piperidine rings is 1. The summed E-state index contributed by atoms with van der Waals surface area (Å²) >= 11 is 0. The number of amides is 2. The maximum absolute atomic E-state index is 12.5. The molecule has 160 valence electrons. The summed E-state index contributed by atoms with van der Waals surface area (Å²) in [4.78, 5) is 26.7. The standard InChI is InChI=1S/C24H36N2O3/c27-23(12-7-19-29-22-10-5-2-6-11-22)25-21-15-17-26(18-16-21)24(28)14-13-20-8-3-1-4-9-20/h2,5-6,10-11,20-21H,1,3-4,7-9,12-19H2,(H,25,27). The van der Waals surface area contributed by atoms with Crippen molar-refractivity contribution in [1.29, 1.82) is 0 Å². The second-order valence-electron chi connectivity index (χ2n) is 8.53. The first-order valence-electron chi connectivity index (χ1n) is 11.5. The Morgan fingerprint density at radius 3 is 2.41 bits per heavy atom. The van der Waals surface area contributed by atoms with Gasteiger partial charge in [0.25, 0.3) is 0 Å². The van der Waals surface area contributed by atoms with Crippen molar-refractivity contribution in [3.63, 3.8) is 0 Å². The highest BCUT2D eigenvalue weighted by molar-refractivity contribution is 5.77. The van der Waals surface area contributed by atoms with E-state index < -0.39 is 0 Å². The van der Waals surface area contributed by atoms with Crippen LogP contribution in [0.25, 0.3) is 0 Å². The summed E-state index contributed by atoms with van der Waals surface area (Å²) in [5, 5.41) is 3.13. The molecule has 1 aromatic rings. The summed E-state index contributed by atoms with van der Waals surface area (Å²) in [6.07, 6.45) is 11.3. The first kappa shape index (κ1) is 21.7. The summed E-state index contributed by atoms with van der Waals surface area (Å²) < 4.78 is 5.63. The molecule has 1 saturated heterocycles. The molecule has 0 unspecified atom stereocenters. The molecular weight excluding hydrogens is 364 g/mol. The SMILES string of the molecule is O=C(CCCOc1ccccc1)NC1CCN(C(=O)CCC2CCCCC2)CC1. The van der Waals surface area contributed by atoms with Gasteiger partial charge in [-0.2, -0.15) is 0 Å².